The fraction of sp³-hybridized carbons (Fsp3) is 0.393. The predicted molar refractivity (Wildman–Crippen MR) is 252 cm³/mol. The smallest absolute Gasteiger partial charge is 0.247 e. The zero-order valence-corrected chi connectivity index (χ0v) is 37.2. The lowest BCUT2D eigenvalue weighted by molar-refractivity contribution is 0.0925. The van der Waals surface area contributed by atoms with Gasteiger partial charge in [-0.15, -0.1) is 0 Å². The van der Waals surface area contributed by atoms with E-state index in [1.807, 2.05) is 0 Å². The molecule has 0 N–H and O–H groups in total. The van der Waals surface area contributed by atoms with Crippen molar-refractivity contribution in [1.29, 1.82) is 0 Å². The van der Waals surface area contributed by atoms with Crippen LogP contribution in [0.3, 0.4) is 0 Å². The third-order valence-electron chi connectivity index (χ3n) is 15.6. The molecule has 2 heteroatoms. The Morgan fingerprint density at radius 3 is 2.00 bits per heavy atom. The third kappa shape index (κ3) is 5.21. The highest BCUT2D eigenvalue weighted by Crippen LogP contribution is 2.67. The van der Waals surface area contributed by atoms with Crippen LogP contribution in [0, 0.1) is 12.3 Å². The minimum Gasteiger partial charge on any atom is -0.311 e. The molecule has 10 rings (SSSR count). The van der Waals surface area contributed by atoms with E-state index in [2.05, 4.69) is 191 Å². The molecule has 2 aliphatic carbocycles. The molecule has 6 aromatic rings. The highest BCUT2D eigenvalue weighted by Gasteiger charge is 2.62. The molecule has 0 saturated heterocycles. The molecule has 3 atom stereocenters. The van der Waals surface area contributed by atoms with Gasteiger partial charge in [0.05, 0.1) is 5.69 Å². The van der Waals surface area contributed by atoms with Gasteiger partial charge in [0.25, 0.3) is 0 Å². The van der Waals surface area contributed by atoms with Crippen LogP contribution in [0.4, 0.5) is 17.1 Å². The van der Waals surface area contributed by atoms with E-state index in [4.69, 9.17) is 0 Å². The predicted octanol–water partition coefficient (Wildman–Crippen LogP) is 13.3. The van der Waals surface area contributed by atoms with Crippen molar-refractivity contribution in [1.82, 2.24) is 0 Å². The van der Waals surface area contributed by atoms with E-state index in [1.165, 1.54) is 97.8 Å². The molecule has 2 aliphatic heterocycles. The Morgan fingerprint density at radius 2 is 1.26 bits per heavy atom. The van der Waals surface area contributed by atoms with E-state index in [0.29, 0.717) is 5.92 Å². The van der Waals surface area contributed by atoms with Crippen molar-refractivity contribution in [3.05, 3.63) is 142 Å². The number of nitrogens with zero attached hydrogens (tertiary/aromatic N) is 1. The summed E-state index contributed by atoms with van der Waals surface area (Å²) in [5.41, 5.74) is 21.9. The van der Waals surface area contributed by atoms with Crippen molar-refractivity contribution in [2.75, 3.05) is 4.90 Å². The highest BCUT2D eigenvalue weighted by molar-refractivity contribution is 6.99. The first-order valence-electron chi connectivity index (χ1n) is 22.2. The molecule has 3 unspecified atom stereocenters. The van der Waals surface area contributed by atoms with E-state index in [-0.39, 0.29) is 33.8 Å². The number of anilines is 3. The molecule has 0 spiro atoms. The fourth-order valence-corrected chi connectivity index (χ4v) is 12.1. The van der Waals surface area contributed by atoms with Crippen LogP contribution >= 0.6 is 0 Å². The van der Waals surface area contributed by atoms with Crippen molar-refractivity contribution < 1.29 is 0 Å². The highest BCUT2D eigenvalue weighted by atomic mass is 15.2. The number of hydrogen-bond donors (Lipinski definition) is 0. The Labute approximate surface area is 349 Å². The molecule has 1 nitrogen and oxygen atoms in total. The van der Waals surface area contributed by atoms with E-state index >= 15 is 0 Å². The second-order valence-electron chi connectivity index (χ2n) is 22.3. The Balaban J connectivity index is 1.35. The van der Waals surface area contributed by atoms with Crippen LogP contribution in [0.1, 0.15) is 147 Å². The SMILES string of the molecule is Cc1cc2c3c(c1)N(c1ccc(C(C)(C)C)cc1-c1cccc4ccccc14)c1cc(C(C)(C)C)ccc1B3c1cc(C(C)(C)C)cc3c1C2C1(C)CCCCC31C. The largest absolute Gasteiger partial charge is 0.311 e. The van der Waals surface area contributed by atoms with Crippen LogP contribution < -0.4 is 21.3 Å². The van der Waals surface area contributed by atoms with Crippen LogP contribution in [0.5, 0.6) is 0 Å². The van der Waals surface area contributed by atoms with E-state index in [9.17, 15) is 0 Å². The zero-order chi connectivity index (χ0) is 40.9. The van der Waals surface area contributed by atoms with Crippen LogP contribution in [-0.2, 0) is 21.7 Å². The Hall–Kier alpha value is -4.56. The number of rotatable bonds is 2. The summed E-state index contributed by atoms with van der Waals surface area (Å²) in [6.45, 7) is 29.3. The normalized spacial score (nSPS) is 22.1. The maximum Gasteiger partial charge on any atom is 0.247 e. The molecule has 1 saturated carbocycles. The quantitative estimate of drug-likeness (QED) is 0.159. The van der Waals surface area contributed by atoms with E-state index < -0.39 is 0 Å². The summed E-state index contributed by atoms with van der Waals surface area (Å²) in [5, 5.41) is 2.58. The fourth-order valence-electron chi connectivity index (χ4n) is 12.1. The number of hydrogen-bond acceptors (Lipinski definition) is 1. The van der Waals surface area contributed by atoms with Crippen molar-refractivity contribution >= 4 is 50.9 Å². The molecule has 0 aromatic heterocycles. The molecule has 0 radical (unpaired) electrons. The summed E-state index contributed by atoms with van der Waals surface area (Å²) >= 11 is 0. The van der Waals surface area contributed by atoms with E-state index in [0.717, 1.165) is 0 Å². The standard InChI is InChI=1S/C56H62BN/c1-34-28-42-50-49-43(55(11)26-15-16-27-56(50,55)12)31-38(54(8,9)10)32-45(49)57-44-24-22-37(53(5,6)7)33-47(44)58(48(29-34)51(42)57)46-25-23-36(52(2,3)4)30-41(46)40-21-17-19-35-18-13-14-20-39(35)40/h13-14,17-25,28-33,50H,15-16,26-27H2,1-12H3. The molecule has 2 heterocycles. The van der Waals surface area contributed by atoms with Crippen molar-refractivity contribution in [3.63, 3.8) is 0 Å². The van der Waals surface area contributed by atoms with Gasteiger partial charge in [0.1, 0.15) is 0 Å². The van der Waals surface area contributed by atoms with Crippen LogP contribution in [0.15, 0.2) is 103 Å². The van der Waals surface area contributed by atoms with Crippen LogP contribution in [0.2, 0.25) is 0 Å². The number of benzene rings is 6. The third-order valence-corrected chi connectivity index (χ3v) is 15.6. The van der Waals surface area contributed by atoms with Gasteiger partial charge in [-0.25, -0.2) is 0 Å². The summed E-state index contributed by atoms with van der Waals surface area (Å²) < 4.78 is 0. The van der Waals surface area contributed by atoms with Gasteiger partial charge in [0.15, 0.2) is 0 Å². The van der Waals surface area contributed by atoms with Crippen molar-refractivity contribution in [3.8, 4) is 11.1 Å². The summed E-state index contributed by atoms with van der Waals surface area (Å²) in [4.78, 5) is 2.72. The molecule has 0 bridgehead atoms. The van der Waals surface area contributed by atoms with Gasteiger partial charge in [-0.05, 0) is 137 Å². The topological polar surface area (TPSA) is 3.24 Å². The van der Waals surface area contributed by atoms with Gasteiger partial charge in [-0.1, -0.05) is 173 Å². The number of fused-ring (bicyclic) bond motifs is 8. The molecule has 0 amide bonds. The molecule has 4 aliphatic rings. The van der Waals surface area contributed by atoms with Crippen molar-refractivity contribution in [2.45, 2.75) is 136 Å². The first-order valence-corrected chi connectivity index (χ1v) is 22.2. The summed E-state index contributed by atoms with van der Waals surface area (Å²) in [6, 6.07) is 41.2. The Morgan fingerprint density at radius 1 is 0.586 bits per heavy atom. The average molecular weight is 760 g/mol. The first-order chi connectivity index (χ1) is 27.3. The molecule has 1 fully saturated rings. The van der Waals surface area contributed by atoms with Gasteiger partial charge < -0.3 is 4.90 Å². The van der Waals surface area contributed by atoms with Crippen LogP contribution in [0.25, 0.3) is 21.9 Å². The maximum absolute atomic E-state index is 2.72. The minimum absolute atomic E-state index is 0.00140. The lowest BCUT2D eigenvalue weighted by Crippen LogP contribution is -2.62. The summed E-state index contributed by atoms with van der Waals surface area (Å²) in [7, 11) is 0. The van der Waals surface area contributed by atoms with Gasteiger partial charge in [-0.3, -0.25) is 0 Å². The van der Waals surface area contributed by atoms with Gasteiger partial charge in [0, 0.05) is 22.9 Å². The minimum atomic E-state index is -0.00274. The first kappa shape index (κ1) is 37.7. The van der Waals surface area contributed by atoms with E-state index in [1.54, 1.807) is 22.2 Å². The molecule has 294 valence electrons. The summed E-state index contributed by atoms with van der Waals surface area (Å²) in [6.07, 6.45) is 5.17. The van der Waals surface area contributed by atoms with Gasteiger partial charge in [-0.2, -0.15) is 0 Å². The lowest BCUT2D eigenvalue weighted by Gasteiger charge is -2.51. The maximum atomic E-state index is 2.72. The molecular formula is C56H62BN. The average Bonchev–Trinajstić information content (AvgIpc) is 3.38. The van der Waals surface area contributed by atoms with Crippen molar-refractivity contribution in [2.24, 2.45) is 5.41 Å². The van der Waals surface area contributed by atoms with Gasteiger partial charge >= 0.3 is 0 Å². The summed E-state index contributed by atoms with van der Waals surface area (Å²) in [5.74, 6) is 0.375. The van der Waals surface area contributed by atoms with Gasteiger partial charge in [0.2, 0.25) is 6.71 Å². The zero-order valence-electron chi connectivity index (χ0n) is 37.2. The second-order valence-corrected chi connectivity index (χ2v) is 22.3. The molecule has 58 heavy (non-hydrogen) atoms. The Bertz CT molecular complexity index is 2690. The second kappa shape index (κ2) is 12.3. The Kier molecular flexibility index (Phi) is 7.96. The molecular weight excluding hydrogens is 697 g/mol. The monoisotopic (exact) mass is 759 g/mol. The lowest BCUT2D eigenvalue weighted by atomic mass is 9.30. The molecule has 6 aromatic carbocycles. The number of aryl methyl sites for hydroxylation is 1. The van der Waals surface area contributed by atoms with Crippen LogP contribution in [-0.4, -0.2) is 6.71 Å².